The van der Waals surface area contributed by atoms with Crippen LogP contribution in [0.2, 0.25) is 0 Å². The Morgan fingerprint density at radius 2 is 2.00 bits per heavy atom. The van der Waals surface area contributed by atoms with E-state index in [2.05, 4.69) is 0 Å². The number of Topliss-reactive ketones (excluding diaryl/α,β-unsaturated/α-hetero) is 1. The summed E-state index contributed by atoms with van der Waals surface area (Å²) in [5.41, 5.74) is 0. The summed E-state index contributed by atoms with van der Waals surface area (Å²) in [6.45, 7) is 1.54. The van der Waals surface area contributed by atoms with Gasteiger partial charge >= 0.3 is 0 Å². The Morgan fingerprint density at radius 3 is 2.62 bits per heavy atom. The summed E-state index contributed by atoms with van der Waals surface area (Å²) in [4.78, 5) is 10.9. The van der Waals surface area contributed by atoms with Gasteiger partial charge in [-0.15, -0.1) is 0 Å². The summed E-state index contributed by atoms with van der Waals surface area (Å²) < 4.78 is 24.9. The molecule has 1 rings (SSSR count). The molecule has 0 radical (unpaired) electrons. The molecular weight excluding hydrogens is 227 g/mol. The van der Waals surface area contributed by atoms with E-state index in [1.807, 2.05) is 0 Å². The van der Waals surface area contributed by atoms with E-state index in [0.717, 1.165) is 6.42 Å². The minimum Gasteiger partial charge on any atom is -0.300 e. The molecule has 4 heteroatoms. The molecule has 2 nitrogen and oxygen atoms in total. The molecule has 1 atom stereocenters. The first-order valence-electron chi connectivity index (χ1n) is 5.23. The molecule has 88 valence electrons. The van der Waals surface area contributed by atoms with Crippen LogP contribution in [-0.2, 0) is 15.6 Å². The van der Waals surface area contributed by atoms with Gasteiger partial charge in [-0.1, -0.05) is 12.1 Å². The minimum atomic E-state index is -1.30. The maximum absolute atomic E-state index is 13.2. The summed E-state index contributed by atoms with van der Waals surface area (Å²) in [7, 11) is -1.30. The zero-order chi connectivity index (χ0) is 12.0. The van der Waals surface area contributed by atoms with Crippen molar-refractivity contribution < 1.29 is 13.4 Å². The van der Waals surface area contributed by atoms with E-state index in [1.165, 1.54) is 19.1 Å². The highest BCUT2D eigenvalue weighted by Crippen LogP contribution is 2.13. The molecule has 0 spiro atoms. The average Bonchev–Trinajstić information content (AvgIpc) is 2.24. The van der Waals surface area contributed by atoms with Crippen molar-refractivity contribution in [2.45, 2.75) is 31.1 Å². The number of ketones is 1. The maximum atomic E-state index is 13.2. The fraction of sp³-hybridized carbons (Fsp3) is 0.417. The third kappa shape index (κ3) is 4.23. The molecule has 16 heavy (non-hydrogen) atoms. The van der Waals surface area contributed by atoms with Gasteiger partial charge in [0.1, 0.15) is 11.6 Å². The van der Waals surface area contributed by atoms with Gasteiger partial charge in [0, 0.05) is 12.2 Å². The van der Waals surface area contributed by atoms with E-state index < -0.39 is 16.6 Å². The van der Waals surface area contributed by atoms with Gasteiger partial charge < -0.3 is 4.79 Å². The predicted octanol–water partition coefficient (Wildman–Crippen LogP) is 2.69. The molecule has 0 saturated carbocycles. The first-order valence-corrected chi connectivity index (χ1v) is 6.55. The predicted molar refractivity (Wildman–Crippen MR) is 62.2 cm³/mol. The standard InChI is InChI=1S/C12H15FO2S/c1-10(14)6-4-5-9-16(15)12-8-3-2-7-11(12)13/h2-3,7-8H,4-6,9H2,1H3. The lowest BCUT2D eigenvalue weighted by Gasteiger charge is -2.02. The largest absolute Gasteiger partial charge is 0.300 e. The van der Waals surface area contributed by atoms with Crippen molar-refractivity contribution in [1.82, 2.24) is 0 Å². The van der Waals surface area contributed by atoms with Gasteiger partial charge in [-0.2, -0.15) is 0 Å². The number of benzene rings is 1. The van der Waals surface area contributed by atoms with Crippen LogP contribution >= 0.6 is 0 Å². The number of carbonyl (C=O) groups excluding carboxylic acids is 1. The summed E-state index contributed by atoms with van der Waals surface area (Å²) in [5.74, 6) is 0.123. The quantitative estimate of drug-likeness (QED) is 0.719. The molecular formula is C12H15FO2S. The Labute approximate surface area is 97.3 Å². The molecule has 0 saturated heterocycles. The lowest BCUT2D eigenvalue weighted by molar-refractivity contribution is -0.117. The van der Waals surface area contributed by atoms with Gasteiger partial charge in [-0.05, 0) is 31.9 Å². The van der Waals surface area contributed by atoms with E-state index in [4.69, 9.17) is 0 Å². The number of hydrogen-bond acceptors (Lipinski definition) is 2. The van der Waals surface area contributed by atoms with Crippen molar-refractivity contribution in [3.63, 3.8) is 0 Å². The Balaban J connectivity index is 2.41. The highest BCUT2D eigenvalue weighted by molar-refractivity contribution is 7.85. The topological polar surface area (TPSA) is 34.1 Å². The molecule has 0 bridgehead atoms. The van der Waals surface area contributed by atoms with Crippen LogP contribution in [0.5, 0.6) is 0 Å². The Hall–Kier alpha value is -1.03. The van der Waals surface area contributed by atoms with Crippen molar-refractivity contribution >= 4 is 16.6 Å². The normalized spacial score (nSPS) is 12.4. The van der Waals surface area contributed by atoms with Crippen LogP contribution in [-0.4, -0.2) is 15.7 Å². The van der Waals surface area contributed by atoms with E-state index >= 15 is 0 Å². The Morgan fingerprint density at radius 1 is 1.31 bits per heavy atom. The maximum Gasteiger partial charge on any atom is 0.139 e. The highest BCUT2D eigenvalue weighted by atomic mass is 32.2. The summed E-state index contributed by atoms with van der Waals surface area (Å²) in [6.07, 6.45) is 1.91. The molecule has 0 aliphatic rings. The summed E-state index contributed by atoms with van der Waals surface area (Å²) >= 11 is 0. The van der Waals surface area contributed by atoms with Crippen LogP contribution in [0.15, 0.2) is 29.2 Å². The number of halogens is 1. The molecule has 1 unspecified atom stereocenters. The van der Waals surface area contributed by atoms with E-state index in [1.54, 1.807) is 12.1 Å². The molecule has 0 aromatic heterocycles. The van der Waals surface area contributed by atoms with Crippen LogP contribution in [0, 0.1) is 5.82 Å². The number of rotatable bonds is 6. The number of hydrogen-bond donors (Lipinski definition) is 0. The van der Waals surface area contributed by atoms with Crippen LogP contribution in [0.1, 0.15) is 26.2 Å². The van der Waals surface area contributed by atoms with Crippen molar-refractivity contribution in [3.05, 3.63) is 30.1 Å². The summed E-state index contributed by atoms with van der Waals surface area (Å²) in [5, 5.41) is 0. The van der Waals surface area contributed by atoms with Crippen LogP contribution in [0.3, 0.4) is 0 Å². The monoisotopic (exact) mass is 242 g/mol. The fourth-order valence-corrected chi connectivity index (χ4v) is 2.55. The molecule has 0 aliphatic carbocycles. The second-order valence-corrected chi connectivity index (χ2v) is 5.18. The van der Waals surface area contributed by atoms with E-state index in [9.17, 15) is 13.4 Å². The average molecular weight is 242 g/mol. The molecule has 0 heterocycles. The van der Waals surface area contributed by atoms with Crippen LogP contribution in [0.4, 0.5) is 4.39 Å². The first kappa shape index (κ1) is 13.0. The molecule has 0 N–H and O–H groups in total. The molecule has 0 amide bonds. The Kier molecular flexibility index (Phi) is 5.32. The van der Waals surface area contributed by atoms with Gasteiger partial charge in [0.15, 0.2) is 0 Å². The SMILES string of the molecule is CC(=O)CCCCS(=O)c1ccccc1F. The lowest BCUT2D eigenvalue weighted by atomic mass is 10.2. The van der Waals surface area contributed by atoms with Crippen LogP contribution < -0.4 is 0 Å². The molecule has 1 aromatic rings. The van der Waals surface area contributed by atoms with Crippen molar-refractivity contribution in [1.29, 1.82) is 0 Å². The third-order valence-electron chi connectivity index (χ3n) is 2.19. The third-order valence-corrected chi connectivity index (χ3v) is 3.67. The zero-order valence-corrected chi connectivity index (χ0v) is 10.1. The second-order valence-electron chi connectivity index (χ2n) is 3.64. The molecule has 0 aliphatic heterocycles. The summed E-state index contributed by atoms with van der Waals surface area (Å²) in [6, 6.07) is 6.09. The number of carbonyl (C=O) groups is 1. The van der Waals surface area contributed by atoms with Gasteiger partial charge in [0.2, 0.25) is 0 Å². The van der Waals surface area contributed by atoms with Gasteiger partial charge in [0.25, 0.3) is 0 Å². The van der Waals surface area contributed by atoms with Crippen molar-refractivity contribution in [3.8, 4) is 0 Å². The molecule has 1 aromatic carbocycles. The fourth-order valence-electron chi connectivity index (χ4n) is 1.35. The number of unbranched alkanes of at least 4 members (excludes halogenated alkanes) is 1. The Bertz CT molecular complexity index is 390. The lowest BCUT2D eigenvalue weighted by Crippen LogP contribution is -2.01. The zero-order valence-electron chi connectivity index (χ0n) is 9.24. The minimum absolute atomic E-state index is 0.136. The van der Waals surface area contributed by atoms with Crippen LogP contribution in [0.25, 0.3) is 0 Å². The van der Waals surface area contributed by atoms with E-state index in [0.29, 0.717) is 18.6 Å². The van der Waals surface area contributed by atoms with Crippen molar-refractivity contribution in [2.75, 3.05) is 5.75 Å². The highest BCUT2D eigenvalue weighted by Gasteiger charge is 2.08. The van der Waals surface area contributed by atoms with Crippen molar-refractivity contribution in [2.24, 2.45) is 0 Å². The second kappa shape index (κ2) is 6.53. The van der Waals surface area contributed by atoms with Gasteiger partial charge in [-0.3, -0.25) is 4.21 Å². The van der Waals surface area contributed by atoms with E-state index in [-0.39, 0.29) is 10.7 Å². The first-order chi connectivity index (χ1) is 7.61. The van der Waals surface area contributed by atoms with Gasteiger partial charge in [0.05, 0.1) is 15.7 Å². The molecule has 0 fully saturated rings. The smallest absolute Gasteiger partial charge is 0.139 e. The van der Waals surface area contributed by atoms with Gasteiger partial charge in [-0.25, -0.2) is 4.39 Å².